The van der Waals surface area contributed by atoms with E-state index >= 15 is 0 Å². The quantitative estimate of drug-likeness (QED) is 0.806. The van der Waals surface area contributed by atoms with E-state index < -0.39 is 5.91 Å². The van der Waals surface area contributed by atoms with Crippen molar-refractivity contribution in [3.05, 3.63) is 22.4 Å². The Morgan fingerprint density at radius 3 is 2.36 bits per heavy atom. The molecule has 0 spiro atoms. The van der Waals surface area contributed by atoms with Gasteiger partial charge in [0.15, 0.2) is 0 Å². The van der Waals surface area contributed by atoms with Crippen molar-refractivity contribution in [2.24, 2.45) is 11.1 Å². The lowest BCUT2D eigenvalue weighted by molar-refractivity contribution is -0.125. The van der Waals surface area contributed by atoms with Gasteiger partial charge in [0, 0.05) is 10.9 Å². The van der Waals surface area contributed by atoms with Gasteiger partial charge >= 0.3 is 0 Å². The highest BCUT2D eigenvalue weighted by atomic mass is 32.1. The van der Waals surface area contributed by atoms with Crippen LogP contribution in [-0.4, -0.2) is 35.8 Å². The number of hydrogen-bond donors (Lipinski definition) is 2. The van der Waals surface area contributed by atoms with E-state index in [1.807, 2.05) is 31.4 Å². The summed E-state index contributed by atoms with van der Waals surface area (Å²) in [6.45, 7) is 10.4. The molecule has 22 heavy (non-hydrogen) atoms. The second-order valence-electron chi connectivity index (χ2n) is 6.85. The van der Waals surface area contributed by atoms with Gasteiger partial charge in [0.2, 0.25) is 11.8 Å². The first-order chi connectivity index (χ1) is 10.1. The topological polar surface area (TPSA) is 75.4 Å². The highest BCUT2D eigenvalue weighted by molar-refractivity contribution is 7.10. The molecule has 3 N–H and O–H groups in total. The monoisotopic (exact) mass is 325 g/mol. The molecule has 6 heteroatoms. The first-order valence-corrected chi connectivity index (χ1v) is 8.34. The molecule has 0 bridgehead atoms. The Balaban J connectivity index is 2.77. The summed E-state index contributed by atoms with van der Waals surface area (Å²) >= 11 is 1.63. The van der Waals surface area contributed by atoms with Gasteiger partial charge in [-0.2, -0.15) is 0 Å². The fourth-order valence-electron chi connectivity index (χ4n) is 2.18. The number of amides is 2. The Hall–Kier alpha value is -1.40. The lowest BCUT2D eigenvalue weighted by Gasteiger charge is -2.32. The van der Waals surface area contributed by atoms with Crippen LogP contribution in [0, 0.1) is 5.41 Å². The first-order valence-electron chi connectivity index (χ1n) is 7.46. The number of thiophene rings is 1. The van der Waals surface area contributed by atoms with Gasteiger partial charge in [-0.1, -0.05) is 26.8 Å². The molecular weight excluding hydrogens is 298 g/mol. The molecule has 5 nitrogen and oxygen atoms in total. The van der Waals surface area contributed by atoms with Gasteiger partial charge in [-0.3, -0.25) is 14.5 Å². The van der Waals surface area contributed by atoms with Crippen molar-refractivity contribution < 1.29 is 9.59 Å². The van der Waals surface area contributed by atoms with Crippen LogP contribution in [0.25, 0.3) is 0 Å². The molecule has 1 aromatic heterocycles. The zero-order chi connectivity index (χ0) is 16.9. The van der Waals surface area contributed by atoms with Gasteiger partial charge in [0.05, 0.1) is 19.1 Å². The minimum atomic E-state index is -0.424. The van der Waals surface area contributed by atoms with E-state index in [1.54, 1.807) is 16.2 Å². The van der Waals surface area contributed by atoms with E-state index in [0.29, 0.717) is 0 Å². The van der Waals surface area contributed by atoms with Crippen LogP contribution >= 0.6 is 11.3 Å². The van der Waals surface area contributed by atoms with Gasteiger partial charge in [0.25, 0.3) is 0 Å². The highest BCUT2D eigenvalue weighted by Crippen LogP contribution is 2.35. The van der Waals surface area contributed by atoms with E-state index in [4.69, 9.17) is 5.73 Å². The first kappa shape index (κ1) is 18.6. The minimum absolute atomic E-state index is 0.0532. The summed E-state index contributed by atoms with van der Waals surface area (Å²) in [5, 5.41) is 5.10. The molecule has 0 saturated heterocycles. The maximum atomic E-state index is 12.4. The number of primary amides is 1. The number of nitrogens with two attached hydrogens (primary N) is 1. The average Bonchev–Trinajstić information content (AvgIpc) is 2.86. The van der Waals surface area contributed by atoms with Crippen LogP contribution in [0.3, 0.4) is 0 Å². The third kappa shape index (κ3) is 5.77. The van der Waals surface area contributed by atoms with E-state index in [2.05, 4.69) is 26.1 Å². The van der Waals surface area contributed by atoms with E-state index in [-0.39, 0.29) is 36.5 Å². The van der Waals surface area contributed by atoms with E-state index in [1.165, 1.54) is 0 Å². The molecule has 0 unspecified atom stereocenters. The predicted octanol–water partition coefficient (Wildman–Crippen LogP) is 2.15. The lowest BCUT2D eigenvalue weighted by atomic mass is 9.85. The zero-order valence-corrected chi connectivity index (χ0v) is 14.9. The predicted molar refractivity (Wildman–Crippen MR) is 90.6 cm³/mol. The van der Waals surface area contributed by atoms with Crippen molar-refractivity contribution in [2.45, 2.75) is 46.7 Å². The fourth-order valence-corrected chi connectivity index (χ4v) is 3.20. The van der Waals surface area contributed by atoms with Crippen LogP contribution in [0.15, 0.2) is 17.5 Å². The standard InChI is InChI=1S/C16H27N3O2S/c1-11(2)19(9-13(17)20)10-14(21)18-15(16(3,4)5)12-7-6-8-22-12/h6-8,11,15H,9-10H2,1-5H3,(H2,17,20)(H,18,21)/t15-/m0/s1. The summed E-state index contributed by atoms with van der Waals surface area (Å²) in [6, 6.07) is 4.04. The van der Waals surface area contributed by atoms with Gasteiger partial charge in [0.1, 0.15) is 0 Å². The van der Waals surface area contributed by atoms with Gasteiger partial charge in [-0.15, -0.1) is 11.3 Å². The smallest absolute Gasteiger partial charge is 0.234 e. The Bertz CT molecular complexity index is 492. The van der Waals surface area contributed by atoms with Crippen molar-refractivity contribution in [2.75, 3.05) is 13.1 Å². The van der Waals surface area contributed by atoms with Crippen molar-refractivity contribution in [1.82, 2.24) is 10.2 Å². The molecule has 124 valence electrons. The third-order valence-electron chi connectivity index (χ3n) is 3.43. The summed E-state index contributed by atoms with van der Waals surface area (Å²) in [6.07, 6.45) is 0. The summed E-state index contributed by atoms with van der Waals surface area (Å²) in [7, 11) is 0. The zero-order valence-electron chi connectivity index (χ0n) is 14.1. The number of nitrogens with zero attached hydrogens (tertiary/aromatic N) is 1. The molecule has 0 saturated carbocycles. The van der Waals surface area contributed by atoms with E-state index in [0.717, 1.165) is 4.88 Å². The van der Waals surface area contributed by atoms with Crippen molar-refractivity contribution in [1.29, 1.82) is 0 Å². The molecule has 0 aromatic carbocycles. The molecule has 1 rings (SSSR count). The molecule has 0 aliphatic heterocycles. The SMILES string of the molecule is CC(C)N(CC(N)=O)CC(=O)N[C@@H](c1cccs1)C(C)(C)C. The van der Waals surface area contributed by atoms with Crippen LogP contribution < -0.4 is 11.1 Å². The van der Waals surface area contributed by atoms with Crippen LogP contribution in [0.5, 0.6) is 0 Å². The second-order valence-corrected chi connectivity index (χ2v) is 7.83. The van der Waals surface area contributed by atoms with Crippen LogP contribution in [0.2, 0.25) is 0 Å². The molecule has 1 heterocycles. The van der Waals surface area contributed by atoms with Crippen molar-refractivity contribution in [3.8, 4) is 0 Å². The number of hydrogen-bond acceptors (Lipinski definition) is 4. The van der Waals surface area contributed by atoms with Gasteiger partial charge in [-0.25, -0.2) is 0 Å². The van der Waals surface area contributed by atoms with Crippen LogP contribution in [0.4, 0.5) is 0 Å². The number of carbonyl (C=O) groups excluding carboxylic acids is 2. The van der Waals surface area contributed by atoms with Gasteiger partial charge < -0.3 is 11.1 Å². The normalized spacial score (nSPS) is 13.4. The minimum Gasteiger partial charge on any atom is -0.369 e. The largest absolute Gasteiger partial charge is 0.369 e. The fraction of sp³-hybridized carbons (Fsp3) is 0.625. The van der Waals surface area contributed by atoms with Crippen molar-refractivity contribution in [3.63, 3.8) is 0 Å². The Morgan fingerprint density at radius 2 is 1.95 bits per heavy atom. The molecule has 1 atom stereocenters. The highest BCUT2D eigenvalue weighted by Gasteiger charge is 2.29. The number of nitrogens with one attached hydrogen (secondary N) is 1. The van der Waals surface area contributed by atoms with Gasteiger partial charge in [-0.05, 0) is 30.7 Å². The molecule has 0 fully saturated rings. The molecule has 0 aliphatic carbocycles. The lowest BCUT2D eigenvalue weighted by Crippen LogP contribution is -2.46. The molecule has 2 amide bonds. The summed E-state index contributed by atoms with van der Waals surface area (Å²) in [5.41, 5.74) is 5.15. The Labute approximate surface area is 136 Å². The summed E-state index contributed by atoms with van der Waals surface area (Å²) < 4.78 is 0. The third-order valence-corrected chi connectivity index (χ3v) is 4.37. The average molecular weight is 325 g/mol. The summed E-state index contributed by atoms with van der Waals surface area (Å²) in [4.78, 5) is 26.4. The summed E-state index contributed by atoms with van der Waals surface area (Å²) in [5.74, 6) is -0.518. The maximum absolute atomic E-state index is 12.4. The van der Waals surface area contributed by atoms with Crippen molar-refractivity contribution >= 4 is 23.2 Å². The van der Waals surface area contributed by atoms with Crippen LogP contribution in [0.1, 0.15) is 45.5 Å². The number of carbonyl (C=O) groups is 2. The molecular formula is C16H27N3O2S. The second kappa shape index (κ2) is 7.74. The van der Waals surface area contributed by atoms with Crippen LogP contribution in [-0.2, 0) is 9.59 Å². The Kier molecular flexibility index (Phi) is 6.56. The molecule has 0 aliphatic rings. The molecule has 0 radical (unpaired) electrons. The Morgan fingerprint density at radius 1 is 1.32 bits per heavy atom. The molecule has 1 aromatic rings. The maximum Gasteiger partial charge on any atom is 0.234 e. The number of rotatable bonds is 7. The van der Waals surface area contributed by atoms with E-state index in [9.17, 15) is 9.59 Å².